The Balaban J connectivity index is 2.37. The molecule has 3 heteroatoms. The fraction of sp³-hybridized carbons (Fsp3) is 0.400. The number of benzene rings is 2. The van der Waals surface area contributed by atoms with E-state index in [1.54, 1.807) is 0 Å². The molecule has 0 bridgehead atoms. The highest BCUT2D eigenvalue weighted by atomic mass is 28.4. The van der Waals surface area contributed by atoms with Gasteiger partial charge >= 0.3 is 0 Å². The second kappa shape index (κ2) is 6.99. The predicted molar refractivity (Wildman–Crippen MR) is 101 cm³/mol. The Morgan fingerprint density at radius 1 is 0.826 bits per heavy atom. The van der Waals surface area contributed by atoms with Crippen molar-refractivity contribution in [1.82, 2.24) is 0 Å². The van der Waals surface area contributed by atoms with E-state index in [-0.39, 0.29) is 17.2 Å². The molecule has 2 aromatic carbocycles. The van der Waals surface area contributed by atoms with Crippen molar-refractivity contribution in [3.63, 3.8) is 0 Å². The molecule has 0 aliphatic heterocycles. The van der Waals surface area contributed by atoms with Crippen LogP contribution in [0, 0.1) is 0 Å². The summed E-state index contributed by atoms with van der Waals surface area (Å²) >= 11 is 0. The number of hydrogen-bond donors (Lipinski definition) is 1. The molecule has 0 spiro atoms. The summed E-state index contributed by atoms with van der Waals surface area (Å²) in [5.74, 6) is 0. The van der Waals surface area contributed by atoms with Gasteiger partial charge in [-0.05, 0) is 29.3 Å². The summed E-state index contributed by atoms with van der Waals surface area (Å²) in [7, 11) is -1.93. The van der Waals surface area contributed by atoms with Crippen molar-refractivity contribution in [2.45, 2.75) is 51.0 Å². The van der Waals surface area contributed by atoms with Crippen molar-refractivity contribution >= 4 is 8.32 Å². The molecule has 124 valence electrons. The van der Waals surface area contributed by atoms with E-state index in [0.29, 0.717) is 0 Å². The van der Waals surface area contributed by atoms with Crippen LogP contribution in [0.5, 0.6) is 0 Å². The smallest absolute Gasteiger partial charge is 0.193 e. The molecule has 2 atom stereocenters. The van der Waals surface area contributed by atoms with Crippen LogP contribution >= 0.6 is 0 Å². The lowest BCUT2D eigenvalue weighted by Crippen LogP contribution is -2.43. The maximum atomic E-state index is 6.72. The highest BCUT2D eigenvalue weighted by Gasteiger charge is 2.40. The van der Waals surface area contributed by atoms with E-state index in [9.17, 15) is 0 Å². The molecule has 0 saturated heterocycles. The van der Waals surface area contributed by atoms with E-state index in [4.69, 9.17) is 10.2 Å². The normalized spacial score (nSPS) is 15.2. The van der Waals surface area contributed by atoms with E-state index >= 15 is 0 Å². The van der Waals surface area contributed by atoms with Gasteiger partial charge in [-0.1, -0.05) is 81.4 Å². The molecule has 2 aromatic rings. The van der Waals surface area contributed by atoms with Gasteiger partial charge in [-0.3, -0.25) is 0 Å². The third-order valence-electron chi connectivity index (χ3n) is 4.87. The highest BCUT2D eigenvalue weighted by Crippen LogP contribution is 2.42. The van der Waals surface area contributed by atoms with E-state index in [0.717, 1.165) is 11.1 Å². The molecule has 0 fully saturated rings. The van der Waals surface area contributed by atoms with E-state index in [2.05, 4.69) is 70.3 Å². The second-order valence-corrected chi connectivity index (χ2v) is 12.4. The fourth-order valence-electron chi connectivity index (χ4n) is 2.34. The summed E-state index contributed by atoms with van der Waals surface area (Å²) in [6.07, 6.45) is -0.125. The second-order valence-electron chi connectivity index (χ2n) is 7.65. The number of nitrogens with two attached hydrogens (primary N) is 1. The molecular weight excluding hydrogens is 298 g/mol. The van der Waals surface area contributed by atoms with Crippen LogP contribution < -0.4 is 5.73 Å². The minimum atomic E-state index is -1.93. The van der Waals surface area contributed by atoms with Crippen molar-refractivity contribution in [2.24, 2.45) is 5.73 Å². The molecule has 0 aliphatic carbocycles. The van der Waals surface area contributed by atoms with Gasteiger partial charge in [-0.25, -0.2) is 0 Å². The Kier molecular flexibility index (Phi) is 5.45. The zero-order valence-electron chi connectivity index (χ0n) is 14.9. The van der Waals surface area contributed by atoms with E-state index in [1.807, 2.05) is 24.3 Å². The van der Waals surface area contributed by atoms with Crippen LogP contribution in [-0.2, 0) is 4.43 Å². The first-order valence-corrected chi connectivity index (χ1v) is 11.2. The van der Waals surface area contributed by atoms with Crippen LogP contribution in [0.1, 0.15) is 44.0 Å². The minimum absolute atomic E-state index is 0.125. The molecule has 0 aromatic heterocycles. The van der Waals surface area contributed by atoms with Gasteiger partial charge in [-0.15, -0.1) is 0 Å². The molecule has 2 rings (SSSR count). The van der Waals surface area contributed by atoms with Gasteiger partial charge in [0.25, 0.3) is 0 Å². The topological polar surface area (TPSA) is 35.2 Å². The van der Waals surface area contributed by atoms with Gasteiger partial charge < -0.3 is 10.2 Å². The third kappa shape index (κ3) is 4.31. The Morgan fingerprint density at radius 2 is 1.26 bits per heavy atom. The molecule has 23 heavy (non-hydrogen) atoms. The van der Waals surface area contributed by atoms with Crippen molar-refractivity contribution < 1.29 is 4.43 Å². The first-order chi connectivity index (χ1) is 10.7. The summed E-state index contributed by atoms with van der Waals surface area (Å²) in [6, 6.07) is 20.4. The molecule has 0 heterocycles. The average Bonchev–Trinajstić information content (AvgIpc) is 2.52. The summed E-state index contributed by atoms with van der Waals surface area (Å²) < 4.78 is 6.72. The van der Waals surface area contributed by atoms with Crippen LogP contribution in [0.3, 0.4) is 0 Å². The molecule has 2 nitrogen and oxygen atoms in total. The van der Waals surface area contributed by atoms with Crippen molar-refractivity contribution in [3.8, 4) is 0 Å². The first kappa shape index (κ1) is 17.9. The van der Waals surface area contributed by atoms with Crippen molar-refractivity contribution in [2.75, 3.05) is 0 Å². The SMILES string of the molecule is CC(C)(C)[Si](C)(C)O[C@H](c1ccccc1)[C@@H](N)c1ccccc1. The molecule has 0 radical (unpaired) electrons. The van der Waals surface area contributed by atoms with E-state index < -0.39 is 8.32 Å². The summed E-state index contributed by atoms with van der Waals surface area (Å²) in [5, 5.41) is 0.149. The first-order valence-electron chi connectivity index (χ1n) is 8.26. The molecule has 0 unspecified atom stereocenters. The zero-order valence-corrected chi connectivity index (χ0v) is 15.9. The lowest BCUT2D eigenvalue weighted by atomic mass is 9.97. The largest absolute Gasteiger partial charge is 0.408 e. The molecular formula is C20H29NOSi. The average molecular weight is 328 g/mol. The van der Waals surface area contributed by atoms with Crippen LogP contribution in [0.2, 0.25) is 18.1 Å². The van der Waals surface area contributed by atoms with Gasteiger partial charge in [0, 0.05) is 0 Å². The van der Waals surface area contributed by atoms with Crippen LogP contribution in [0.4, 0.5) is 0 Å². The standard InChI is InChI=1S/C20H29NOSi/c1-20(2,3)23(4,5)22-19(17-14-10-7-11-15-17)18(21)16-12-8-6-9-13-16/h6-15,18-19H,21H2,1-5H3/t18-,19+/m0/s1. The van der Waals surface area contributed by atoms with Crippen molar-refractivity contribution in [1.29, 1.82) is 0 Å². The number of hydrogen-bond acceptors (Lipinski definition) is 2. The van der Waals surface area contributed by atoms with Gasteiger partial charge in [0.15, 0.2) is 8.32 Å². The highest BCUT2D eigenvalue weighted by molar-refractivity contribution is 6.74. The fourth-order valence-corrected chi connectivity index (χ4v) is 3.61. The van der Waals surface area contributed by atoms with Gasteiger partial charge in [-0.2, -0.15) is 0 Å². The van der Waals surface area contributed by atoms with Gasteiger partial charge in [0.2, 0.25) is 0 Å². The lowest BCUT2D eigenvalue weighted by Gasteiger charge is -2.41. The van der Waals surface area contributed by atoms with Crippen LogP contribution in [-0.4, -0.2) is 8.32 Å². The molecule has 0 saturated carbocycles. The van der Waals surface area contributed by atoms with E-state index in [1.165, 1.54) is 0 Å². The van der Waals surface area contributed by atoms with Crippen LogP contribution in [0.15, 0.2) is 60.7 Å². The molecule has 2 N–H and O–H groups in total. The Labute approximate surface area is 141 Å². The Hall–Kier alpha value is -1.42. The summed E-state index contributed by atoms with van der Waals surface area (Å²) in [4.78, 5) is 0. The lowest BCUT2D eigenvalue weighted by molar-refractivity contribution is 0.154. The number of rotatable bonds is 5. The molecule has 0 amide bonds. The minimum Gasteiger partial charge on any atom is -0.408 e. The van der Waals surface area contributed by atoms with Crippen molar-refractivity contribution in [3.05, 3.63) is 71.8 Å². The Morgan fingerprint density at radius 3 is 1.70 bits per heavy atom. The maximum absolute atomic E-state index is 6.72. The maximum Gasteiger partial charge on any atom is 0.193 e. The zero-order chi connectivity index (χ0) is 17.1. The monoisotopic (exact) mass is 327 g/mol. The van der Waals surface area contributed by atoms with Gasteiger partial charge in [0.1, 0.15) is 0 Å². The van der Waals surface area contributed by atoms with Crippen LogP contribution in [0.25, 0.3) is 0 Å². The predicted octanol–water partition coefficient (Wildman–Crippen LogP) is 5.45. The third-order valence-corrected chi connectivity index (χ3v) is 9.32. The molecule has 0 aliphatic rings. The van der Waals surface area contributed by atoms with Gasteiger partial charge in [0.05, 0.1) is 12.1 Å². The summed E-state index contributed by atoms with van der Waals surface area (Å²) in [6.45, 7) is 11.3. The Bertz CT molecular complexity index is 605. The quantitative estimate of drug-likeness (QED) is 0.741. The summed E-state index contributed by atoms with van der Waals surface area (Å²) in [5.41, 5.74) is 8.88.